The zero-order valence-corrected chi connectivity index (χ0v) is 10.7. The van der Waals surface area contributed by atoms with Gasteiger partial charge in [0, 0.05) is 24.7 Å². The van der Waals surface area contributed by atoms with E-state index in [1.165, 1.54) is 15.6 Å². The summed E-state index contributed by atoms with van der Waals surface area (Å²) in [5.74, 6) is 0.0868. The standard InChI is InChI=1S/C9H12N4O2S2/c10-7-8(13-5-6-16-9(13)11-7)17(14,15)12-3-1-2-4-12/h5-6H,1-4,10H2. The molecule has 2 N–H and O–H groups in total. The van der Waals surface area contributed by atoms with Crippen LogP contribution >= 0.6 is 11.3 Å². The molecule has 0 radical (unpaired) electrons. The lowest BCUT2D eigenvalue weighted by Crippen LogP contribution is -2.29. The minimum Gasteiger partial charge on any atom is -0.381 e. The van der Waals surface area contributed by atoms with Crippen LogP contribution < -0.4 is 5.73 Å². The van der Waals surface area contributed by atoms with Gasteiger partial charge in [-0.05, 0) is 12.8 Å². The van der Waals surface area contributed by atoms with Crippen molar-refractivity contribution in [2.24, 2.45) is 0 Å². The van der Waals surface area contributed by atoms with Crippen molar-refractivity contribution in [2.75, 3.05) is 18.8 Å². The third-order valence-electron chi connectivity index (χ3n) is 2.89. The van der Waals surface area contributed by atoms with E-state index < -0.39 is 10.0 Å². The molecule has 3 rings (SSSR count). The van der Waals surface area contributed by atoms with E-state index in [0.29, 0.717) is 18.1 Å². The highest BCUT2D eigenvalue weighted by Crippen LogP contribution is 2.27. The maximum Gasteiger partial charge on any atom is 0.262 e. The molecule has 8 heteroatoms. The first-order valence-electron chi connectivity index (χ1n) is 5.32. The molecule has 2 aromatic rings. The van der Waals surface area contributed by atoms with Crippen molar-refractivity contribution in [3.8, 4) is 0 Å². The molecule has 0 unspecified atom stereocenters. The number of thiazole rings is 1. The quantitative estimate of drug-likeness (QED) is 0.875. The maximum absolute atomic E-state index is 12.4. The van der Waals surface area contributed by atoms with Crippen LogP contribution in [0.3, 0.4) is 0 Å². The lowest BCUT2D eigenvalue weighted by atomic mass is 10.4. The largest absolute Gasteiger partial charge is 0.381 e. The highest BCUT2D eigenvalue weighted by Gasteiger charge is 2.32. The third-order valence-corrected chi connectivity index (χ3v) is 5.59. The summed E-state index contributed by atoms with van der Waals surface area (Å²) in [5, 5.41) is 1.90. The average Bonchev–Trinajstić information content (AvgIpc) is 2.88. The molecule has 3 heterocycles. The van der Waals surface area contributed by atoms with E-state index in [0.717, 1.165) is 12.8 Å². The lowest BCUT2D eigenvalue weighted by molar-refractivity contribution is 0.474. The average molecular weight is 272 g/mol. The first kappa shape index (κ1) is 11.0. The van der Waals surface area contributed by atoms with Crippen LogP contribution in [0.4, 0.5) is 5.82 Å². The van der Waals surface area contributed by atoms with Crippen LogP contribution in [0.15, 0.2) is 16.6 Å². The zero-order valence-electron chi connectivity index (χ0n) is 9.04. The van der Waals surface area contributed by atoms with Crippen molar-refractivity contribution < 1.29 is 8.42 Å². The number of hydrogen-bond acceptors (Lipinski definition) is 5. The van der Waals surface area contributed by atoms with E-state index in [2.05, 4.69) is 4.98 Å². The Bertz CT molecular complexity index is 652. The zero-order chi connectivity index (χ0) is 12.0. The summed E-state index contributed by atoms with van der Waals surface area (Å²) in [6.45, 7) is 1.14. The molecule has 0 aromatic carbocycles. The van der Waals surface area contributed by atoms with Crippen molar-refractivity contribution >= 4 is 32.1 Å². The smallest absolute Gasteiger partial charge is 0.262 e. The monoisotopic (exact) mass is 272 g/mol. The normalized spacial score (nSPS) is 18.1. The second-order valence-corrected chi connectivity index (χ2v) is 6.70. The molecule has 17 heavy (non-hydrogen) atoms. The maximum atomic E-state index is 12.4. The summed E-state index contributed by atoms with van der Waals surface area (Å²) in [7, 11) is -3.51. The van der Waals surface area contributed by atoms with E-state index in [-0.39, 0.29) is 10.8 Å². The molecule has 1 aliphatic heterocycles. The van der Waals surface area contributed by atoms with Gasteiger partial charge in [-0.25, -0.2) is 13.4 Å². The molecule has 0 spiro atoms. The Morgan fingerprint density at radius 1 is 1.35 bits per heavy atom. The van der Waals surface area contributed by atoms with Crippen molar-refractivity contribution in [1.29, 1.82) is 0 Å². The van der Waals surface area contributed by atoms with E-state index in [1.807, 2.05) is 0 Å². The van der Waals surface area contributed by atoms with Gasteiger partial charge < -0.3 is 5.73 Å². The van der Waals surface area contributed by atoms with E-state index >= 15 is 0 Å². The van der Waals surface area contributed by atoms with Gasteiger partial charge in [-0.15, -0.1) is 11.3 Å². The molecular weight excluding hydrogens is 260 g/mol. The Kier molecular flexibility index (Phi) is 2.39. The molecule has 1 fully saturated rings. The summed E-state index contributed by atoms with van der Waals surface area (Å²) >= 11 is 1.37. The van der Waals surface area contributed by atoms with Gasteiger partial charge in [-0.1, -0.05) is 0 Å². The highest BCUT2D eigenvalue weighted by atomic mass is 32.2. The fourth-order valence-electron chi connectivity index (χ4n) is 2.09. The van der Waals surface area contributed by atoms with Gasteiger partial charge in [0.2, 0.25) is 0 Å². The molecular formula is C9H12N4O2S2. The number of anilines is 1. The van der Waals surface area contributed by atoms with Crippen LogP contribution in [0.1, 0.15) is 12.8 Å². The van der Waals surface area contributed by atoms with Crippen LogP contribution in [0.2, 0.25) is 0 Å². The van der Waals surface area contributed by atoms with E-state index in [1.54, 1.807) is 16.0 Å². The molecule has 0 amide bonds. The number of nitrogens with zero attached hydrogens (tertiary/aromatic N) is 3. The second-order valence-electron chi connectivity index (χ2n) is 3.97. The van der Waals surface area contributed by atoms with Crippen LogP contribution in [0.5, 0.6) is 0 Å². The van der Waals surface area contributed by atoms with Crippen LogP contribution in [-0.4, -0.2) is 35.2 Å². The Hall–Kier alpha value is -1.12. The number of fused-ring (bicyclic) bond motifs is 1. The molecule has 1 saturated heterocycles. The SMILES string of the molecule is Nc1nc2sccn2c1S(=O)(=O)N1CCCC1. The number of hydrogen-bond donors (Lipinski definition) is 1. The number of imidazole rings is 1. The predicted molar refractivity (Wildman–Crippen MR) is 65.5 cm³/mol. The molecule has 0 bridgehead atoms. The van der Waals surface area contributed by atoms with Crippen LogP contribution in [-0.2, 0) is 10.0 Å². The lowest BCUT2D eigenvalue weighted by Gasteiger charge is -2.14. The molecule has 0 aliphatic carbocycles. The minimum atomic E-state index is -3.51. The number of aromatic nitrogens is 2. The van der Waals surface area contributed by atoms with Gasteiger partial charge in [0.05, 0.1) is 0 Å². The van der Waals surface area contributed by atoms with Gasteiger partial charge >= 0.3 is 0 Å². The van der Waals surface area contributed by atoms with Gasteiger partial charge in [0.25, 0.3) is 10.0 Å². The van der Waals surface area contributed by atoms with E-state index in [4.69, 9.17) is 5.73 Å². The Balaban J connectivity index is 2.19. The minimum absolute atomic E-state index is 0.0868. The third kappa shape index (κ3) is 1.55. The Morgan fingerprint density at radius 3 is 2.76 bits per heavy atom. The first-order chi connectivity index (χ1) is 8.10. The van der Waals surface area contributed by atoms with Crippen LogP contribution in [0.25, 0.3) is 4.96 Å². The predicted octanol–water partition coefficient (Wildman–Crippen LogP) is 0.762. The Morgan fingerprint density at radius 2 is 2.06 bits per heavy atom. The van der Waals surface area contributed by atoms with Crippen molar-refractivity contribution in [3.63, 3.8) is 0 Å². The molecule has 6 nitrogen and oxygen atoms in total. The summed E-state index contributed by atoms with van der Waals surface area (Å²) in [5.41, 5.74) is 5.72. The second kappa shape index (κ2) is 3.69. The van der Waals surface area contributed by atoms with Gasteiger partial charge in [0.15, 0.2) is 15.8 Å². The van der Waals surface area contributed by atoms with Gasteiger partial charge in [-0.2, -0.15) is 4.31 Å². The van der Waals surface area contributed by atoms with E-state index in [9.17, 15) is 8.42 Å². The van der Waals surface area contributed by atoms with Gasteiger partial charge in [-0.3, -0.25) is 4.40 Å². The highest BCUT2D eigenvalue weighted by molar-refractivity contribution is 7.89. The number of rotatable bonds is 2. The number of sulfonamides is 1. The van der Waals surface area contributed by atoms with Crippen molar-refractivity contribution in [1.82, 2.24) is 13.7 Å². The Labute approximate surface area is 103 Å². The summed E-state index contributed by atoms with van der Waals surface area (Å²) in [6.07, 6.45) is 3.50. The van der Waals surface area contributed by atoms with Crippen molar-refractivity contribution in [2.45, 2.75) is 17.9 Å². The molecule has 92 valence electrons. The first-order valence-corrected chi connectivity index (χ1v) is 7.64. The molecule has 2 aromatic heterocycles. The van der Waals surface area contributed by atoms with Crippen molar-refractivity contribution in [3.05, 3.63) is 11.6 Å². The number of nitrogens with two attached hydrogens (primary N) is 1. The fourth-order valence-corrected chi connectivity index (χ4v) is 4.56. The summed E-state index contributed by atoms with van der Waals surface area (Å²) in [4.78, 5) is 4.68. The molecule has 0 saturated carbocycles. The molecule has 0 atom stereocenters. The summed E-state index contributed by atoms with van der Waals surface area (Å²) < 4.78 is 27.9. The van der Waals surface area contributed by atoms with Gasteiger partial charge in [0.1, 0.15) is 0 Å². The molecule has 1 aliphatic rings. The number of nitrogen functional groups attached to an aromatic ring is 1. The van der Waals surface area contributed by atoms with Crippen LogP contribution in [0, 0.1) is 0 Å². The summed E-state index contributed by atoms with van der Waals surface area (Å²) in [6, 6.07) is 0. The fraction of sp³-hybridized carbons (Fsp3) is 0.444. The topological polar surface area (TPSA) is 80.7 Å².